The summed E-state index contributed by atoms with van der Waals surface area (Å²) in [6.07, 6.45) is 10.1. The Bertz CT molecular complexity index is 567. The van der Waals surface area contributed by atoms with E-state index in [4.69, 9.17) is 0 Å². The molecular formula is C21H32O3. The zero-order valence-electron chi connectivity index (χ0n) is 15.1. The number of aliphatic hydroxyl groups excluding tert-OH is 2. The summed E-state index contributed by atoms with van der Waals surface area (Å²) in [7, 11) is 0. The highest BCUT2D eigenvalue weighted by Crippen LogP contribution is 2.66. The maximum Gasteiger partial charge on any atom is 0.155 e. The number of hydrogen-bond acceptors (Lipinski definition) is 3. The lowest BCUT2D eigenvalue weighted by Gasteiger charge is -2.58. The number of rotatable bonds is 2. The van der Waals surface area contributed by atoms with Crippen LogP contribution in [-0.4, -0.2) is 28.7 Å². The first kappa shape index (κ1) is 16.8. The number of carbonyl (C=O) groups is 1. The van der Waals surface area contributed by atoms with E-state index in [0.29, 0.717) is 17.6 Å². The maximum atomic E-state index is 11.9. The Hall–Kier alpha value is -0.670. The first-order valence-electron chi connectivity index (χ1n) is 9.93. The van der Waals surface area contributed by atoms with Crippen LogP contribution in [0.3, 0.4) is 0 Å². The Labute approximate surface area is 145 Å². The molecule has 3 nitrogen and oxygen atoms in total. The minimum Gasteiger partial charge on any atom is -0.394 e. The monoisotopic (exact) mass is 332 g/mol. The molecule has 4 aliphatic carbocycles. The predicted octanol–water partition coefficient (Wildman–Crippen LogP) is 3.49. The number of ketones is 1. The molecule has 3 fully saturated rings. The van der Waals surface area contributed by atoms with Gasteiger partial charge in [0, 0.05) is 6.42 Å². The van der Waals surface area contributed by atoms with Crippen LogP contribution in [-0.2, 0) is 4.79 Å². The largest absolute Gasteiger partial charge is 0.394 e. The van der Waals surface area contributed by atoms with E-state index in [9.17, 15) is 15.0 Å². The van der Waals surface area contributed by atoms with Gasteiger partial charge in [-0.1, -0.05) is 19.4 Å². The van der Waals surface area contributed by atoms with Crippen LogP contribution in [0.5, 0.6) is 0 Å². The van der Waals surface area contributed by atoms with Gasteiger partial charge in [-0.15, -0.1) is 0 Å². The molecule has 24 heavy (non-hydrogen) atoms. The Kier molecular flexibility index (Phi) is 3.96. The van der Waals surface area contributed by atoms with Crippen LogP contribution < -0.4 is 0 Å². The van der Waals surface area contributed by atoms with Crippen LogP contribution in [0.2, 0.25) is 0 Å². The second-order valence-corrected chi connectivity index (χ2v) is 9.45. The Morgan fingerprint density at radius 2 is 1.92 bits per heavy atom. The molecule has 0 aromatic carbocycles. The van der Waals surface area contributed by atoms with Crippen molar-refractivity contribution in [2.24, 2.45) is 34.5 Å². The van der Waals surface area contributed by atoms with Crippen molar-refractivity contribution in [2.45, 2.75) is 71.3 Å². The molecule has 0 saturated heterocycles. The molecule has 0 heterocycles. The minimum absolute atomic E-state index is 0.103. The first-order chi connectivity index (χ1) is 11.4. The highest BCUT2D eigenvalue weighted by atomic mass is 16.3. The fourth-order valence-corrected chi connectivity index (χ4v) is 7.36. The van der Waals surface area contributed by atoms with Gasteiger partial charge in [0.25, 0.3) is 0 Å². The highest BCUT2D eigenvalue weighted by Gasteiger charge is 2.59. The quantitative estimate of drug-likeness (QED) is 0.814. The first-order valence-corrected chi connectivity index (χ1v) is 9.93. The van der Waals surface area contributed by atoms with Gasteiger partial charge in [0.05, 0.1) is 12.7 Å². The summed E-state index contributed by atoms with van der Waals surface area (Å²) in [4.78, 5) is 11.9. The maximum absolute atomic E-state index is 11.9. The van der Waals surface area contributed by atoms with Crippen LogP contribution in [0.15, 0.2) is 11.6 Å². The summed E-state index contributed by atoms with van der Waals surface area (Å²) >= 11 is 0. The van der Waals surface area contributed by atoms with Crippen LogP contribution in [0, 0.1) is 34.5 Å². The molecule has 0 unspecified atom stereocenters. The van der Waals surface area contributed by atoms with Crippen molar-refractivity contribution < 1.29 is 15.0 Å². The van der Waals surface area contributed by atoms with E-state index in [1.807, 2.05) is 6.08 Å². The fourth-order valence-electron chi connectivity index (χ4n) is 7.36. The lowest BCUT2D eigenvalue weighted by Crippen LogP contribution is -2.51. The van der Waals surface area contributed by atoms with E-state index >= 15 is 0 Å². The van der Waals surface area contributed by atoms with Crippen molar-refractivity contribution in [2.75, 3.05) is 6.61 Å². The summed E-state index contributed by atoms with van der Waals surface area (Å²) in [6.45, 7) is 4.69. The fraction of sp³-hybridized carbons (Fsp3) is 0.857. The third kappa shape index (κ3) is 2.20. The van der Waals surface area contributed by atoms with Gasteiger partial charge >= 0.3 is 0 Å². The van der Waals surface area contributed by atoms with E-state index in [-0.39, 0.29) is 23.4 Å². The van der Waals surface area contributed by atoms with Gasteiger partial charge in [0.2, 0.25) is 0 Å². The summed E-state index contributed by atoms with van der Waals surface area (Å²) < 4.78 is 0. The van der Waals surface area contributed by atoms with Crippen molar-refractivity contribution in [1.82, 2.24) is 0 Å². The topological polar surface area (TPSA) is 57.5 Å². The number of allylic oxidation sites excluding steroid dienone is 1. The normalized spacial score (nSPS) is 49.0. The second-order valence-electron chi connectivity index (χ2n) is 9.45. The molecule has 4 aliphatic rings. The van der Waals surface area contributed by atoms with Gasteiger partial charge in [0.1, 0.15) is 0 Å². The zero-order valence-corrected chi connectivity index (χ0v) is 15.1. The summed E-state index contributed by atoms with van der Waals surface area (Å²) in [5.41, 5.74) is 1.84. The Morgan fingerprint density at radius 3 is 2.67 bits per heavy atom. The zero-order chi connectivity index (χ0) is 17.1. The van der Waals surface area contributed by atoms with Crippen molar-refractivity contribution >= 4 is 5.78 Å². The third-order valence-electron chi connectivity index (χ3n) is 8.69. The molecule has 4 rings (SSSR count). The van der Waals surface area contributed by atoms with E-state index in [2.05, 4.69) is 13.8 Å². The number of fused-ring (bicyclic) bond motifs is 5. The Morgan fingerprint density at radius 1 is 1.12 bits per heavy atom. The average Bonchev–Trinajstić information content (AvgIpc) is 2.92. The molecule has 0 aromatic heterocycles. The molecule has 3 saturated carbocycles. The summed E-state index contributed by atoms with van der Waals surface area (Å²) in [5.74, 6) is 2.70. The standard InChI is InChI=1S/C21H32O3/c1-20-9-7-14(23)11-13(20)3-4-15-16-5-6-18(19(24)12-22)21(16,2)10-8-17(15)20/h11,15-19,22,24H,3-10,12H2,1-2H3/t15-,16-,17-,18+,19-,20-,21-/m0/s1. The second kappa shape index (κ2) is 5.67. The molecule has 3 heteroatoms. The van der Waals surface area contributed by atoms with Crippen molar-refractivity contribution in [3.63, 3.8) is 0 Å². The van der Waals surface area contributed by atoms with Crippen molar-refractivity contribution in [1.29, 1.82) is 0 Å². The number of aliphatic hydroxyl groups is 2. The lowest BCUT2D eigenvalue weighted by molar-refractivity contribution is -0.118. The molecule has 2 N–H and O–H groups in total. The SMILES string of the molecule is C[C@]12CC[C@H]3[C@@H](CCC4=CC(=O)CC[C@@]43C)[C@@H]1CC[C@@H]2[C@@H](O)CO. The highest BCUT2D eigenvalue weighted by molar-refractivity contribution is 5.91. The molecule has 7 atom stereocenters. The molecule has 0 bridgehead atoms. The Balaban J connectivity index is 1.63. The smallest absolute Gasteiger partial charge is 0.155 e. The lowest BCUT2D eigenvalue weighted by atomic mass is 9.46. The van der Waals surface area contributed by atoms with Crippen LogP contribution in [0.1, 0.15) is 65.2 Å². The van der Waals surface area contributed by atoms with Crippen molar-refractivity contribution in [3.8, 4) is 0 Å². The van der Waals surface area contributed by atoms with Gasteiger partial charge in [-0.25, -0.2) is 0 Å². The molecule has 0 amide bonds. The van der Waals surface area contributed by atoms with E-state index in [1.54, 1.807) is 0 Å². The molecule has 134 valence electrons. The van der Waals surface area contributed by atoms with Crippen LogP contribution >= 0.6 is 0 Å². The van der Waals surface area contributed by atoms with Gasteiger partial charge in [0.15, 0.2) is 5.78 Å². The van der Waals surface area contributed by atoms with E-state index in [1.165, 1.54) is 24.8 Å². The molecule has 0 aliphatic heterocycles. The van der Waals surface area contributed by atoms with E-state index < -0.39 is 6.10 Å². The van der Waals surface area contributed by atoms with Gasteiger partial charge in [-0.2, -0.15) is 0 Å². The summed E-state index contributed by atoms with van der Waals surface area (Å²) in [6, 6.07) is 0. The van der Waals surface area contributed by atoms with Gasteiger partial charge in [-0.3, -0.25) is 4.79 Å². The predicted molar refractivity (Wildman–Crippen MR) is 93.3 cm³/mol. The number of carbonyl (C=O) groups excluding carboxylic acids is 1. The summed E-state index contributed by atoms with van der Waals surface area (Å²) in [5, 5.41) is 19.8. The van der Waals surface area contributed by atoms with Gasteiger partial charge in [-0.05, 0) is 85.5 Å². The average molecular weight is 332 g/mol. The molecular weight excluding hydrogens is 300 g/mol. The minimum atomic E-state index is -0.557. The molecule has 0 spiro atoms. The molecule has 0 radical (unpaired) electrons. The van der Waals surface area contributed by atoms with Crippen LogP contribution in [0.4, 0.5) is 0 Å². The third-order valence-corrected chi connectivity index (χ3v) is 8.69. The van der Waals surface area contributed by atoms with Gasteiger partial charge < -0.3 is 10.2 Å². The number of hydrogen-bond donors (Lipinski definition) is 2. The van der Waals surface area contributed by atoms with E-state index in [0.717, 1.165) is 38.0 Å². The van der Waals surface area contributed by atoms with Crippen LogP contribution in [0.25, 0.3) is 0 Å². The van der Waals surface area contributed by atoms with Crippen molar-refractivity contribution in [3.05, 3.63) is 11.6 Å². The molecule has 0 aromatic rings.